The average molecular weight is 306 g/mol. The van der Waals surface area contributed by atoms with Gasteiger partial charge in [0.25, 0.3) is 0 Å². The summed E-state index contributed by atoms with van der Waals surface area (Å²) in [5, 5.41) is 11.3. The molecule has 0 aromatic heterocycles. The molecule has 0 aliphatic heterocycles. The molecule has 0 heterocycles. The molecule has 0 radical (unpaired) electrons. The topological polar surface area (TPSA) is 71.4 Å². The fourth-order valence-corrected chi connectivity index (χ4v) is 3.73. The van der Waals surface area contributed by atoms with E-state index in [0.29, 0.717) is 0 Å². The molecule has 2 aromatic rings. The maximum Gasteiger partial charge on any atom is 0.325 e. The molecule has 0 amide bonds. The molecule has 0 aliphatic carbocycles. The lowest BCUT2D eigenvalue weighted by atomic mass is 9.95. The Morgan fingerprint density at radius 2 is 1.76 bits per heavy atom. The normalized spacial score (nSPS) is 14.8. The van der Waals surface area contributed by atoms with Gasteiger partial charge in [0.05, 0.1) is 0 Å². The van der Waals surface area contributed by atoms with E-state index < -0.39 is 20.6 Å². The quantitative estimate of drug-likeness (QED) is 0.922. The number of carboxylic acid groups (broad SMARTS) is 1. The van der Waals surface area contributed by atoms with E-state index in [4.69, 9.17) is 0 Å². The van der Waals surface area contributed by atoms with E-state index >= 15 is 0 Å². The van der Waals surface area contributed by atoms with E-state index in [9.17, 15) is 18.3 Å². The summed E-state index contributed by atoms with van der Waals surface area (Å²) in [7, 11) is -3.73. The van der Waals surface area contributed by atoms with Crippen molar-refractivity contribution in [2.75, 3.05) is 5.75 Å². The average Bonchev–Trinajstić information content (AvgIpc) is 2.47. The standard InChI is InChI=1S/C16H18O4S/c1-3-21(19,20)16(2,15(17)18)11-13-9-6-8-12-7-4-5-10-14(12)13/h4-10H,3,11H2,1-2H3,(H,17,18). The Balaban J connectivity index is 2.58. The predicted molar refractivity (Wildman–Crippen MR) is 83.2 cm³/mol. The van der Waals surface area contributed by atoms with E-state index in [1.54, 1.807) is 6.07 Å². The number of hydrogen-bond acceptors (Lipinski definition) is 3. The largest absolute Gasteiger partial charge is 0.480 e. The second-order valence-corrected chi connectivity index (χ2v) is 7.96. The summed E-state index contributed by atoms with van der Waals surface area (Å²) >= 11 is 0. The fourth-order valence-electron chi connectivity index (χ4n) is 2.45. The summed E-state index contributed by atoms with van der Waals surface area (Å²) in [6.45, 7) is 2.76. The van der Waals surface area contributed by atoms with Crippen LogP contribution in [0.2, 0.25) is 0 Å². The summed E-state index contributed by atoms with van der Waals surface area (Å²) in [4.78, 5) is 11.6. The molecular formula is C16H18O4S. The zero-order valence-corrected chi connectivity index (χ0v) is 12.9. The van der Waals surface area contributed by atoms with Crippen molar-refractivity contribution in [3.8, 4) is 0 Å². The summed E-state index contributed by atoms with van der Waals surface area (Å²) < 4.78 is 22.6. The van der Waals surface area contributed by atoms with Gasteiger partial charge >= 0.3 is 5.97 Å². The van der Waals surface area contributed by atoms with Gasteiger partial charge in [-0.15, -0.1) is 0 Å². The van der Waals surface area contributed by atoms with Crippen LogP contribution in [0.1, 0.15) is 19.4 Å². The second kappa shape index (κ2) is 5.48. The molecule has 0 aliphatic rings. The Morgan fingerprint density at radius 3 is 2.38 bits per heavy atom. The van der Waals surface area contributed by atoms with Crippen LogP contribution in [-0.2, 0) is 21.1 Å². The molecule has 112 valence electrons. The highest BCUT2D eigenvalue weighted by Gasteiger charge is 2.45. The van der Waals surface area contributed by atoms with Crippen LogP contribution in [0, 0.1) is 0 Å². The van der Waals surface area contributed by atoms with Crippen LogP contribution in [0.5, 0.6) is 0 Å². The van der Waals surface area contributed by atoms with Crippen molar-refractivity contribution in [3.63, 3.8) is 0 Å². The van der Waals surface area contributed by atoms with Crippen LogP contribution in [0.3, 0.4) is 0 Å². The lowest BCUT2D eigenvalue weighted by molar-refractivity contribution is -0.139. The van der Waals surface area contributed by atoms with Crippen LogP contribution in [0.25, 0.3) is 10.8 Å². The molecule has 0 spiro atoms. The maximum absolute atomic E-state index is 12.2. The minimum Gasteiger partial charge on any atom is -0.480 e. The zero-order valence-electron chi connectivity index (χ0n) is 12.0. The molecule has 0 bridgehead atoms. The Labute approximate surface area is 124 Å². The van der Waals surface area contributed by atoms with Crippen molar-refractivity contribution in [3.05, 3.63) is 48.0 Å². The molecule has 1 atom stereocenters. The molecule has 2 aromatic carbocycles. The van der Waals surface area contributed by atoms with Crippen LogP contribution in [0.4, 0.5) is 0 Å². The third-order valence-corrected chi connectivity index (χ3v) is 6.38. The highest BCUT2D eigenvalue weighted by Crippen LogP contribution is 2.28. The minimum atomic E-state index is -3.73. The molecule has 0 fully saturated rings. The molecule has 5 heteroatoms. The van der Waals surface area contributed by atoms with Crippen molar-refractivity contribution in [2.24, 2.45) is 0 Å². The van der Waals surface area contributed by atoms with Gasteiger partial charge in [0.15, 0.2) is 14.6 Å². The number of benzene rings is 2. The number of fused-ring (bicyclic) bond motifs is 1. The second-order valence-electron chi connectivity index (χ2n) is 5.25. The van der Waals surface area contributed by atoms with Gasteiger partial charge in [-0.1, -0.05) is 49.4 Å². The van der Waals surface area contributed by atoms with Gasteiger partial charge in [-0.2, -0.15) is 0 Å². The van der Waals surface area contributed by atoms with Crippen molar-refractivity contribution in [2.45, 2.75) is 25.0 Å². The molecule has 21 heavy (non-hydrogen) atoms. The van der Waals surface area contributed by atoms with E-state index in [1.165, 1.54) is 13.8 Å². The first-order valence-corrected chi connectivity index (χ1v) is 8.39. The molecule has 1 N–H and O–H groups in total. The summed E-state index contributed by atoms with van der Waals surface area (Å²) in [5.41, 5.74) is 0.732. The monoisotopic (exact) mass is 306 g/mol. The first-order valence-electron chi connectivity index (χ1n) is 6.74. The molecule has 0 saturated carbocycles. The van der Waals surface area contributed by atoms with Crippen molar-refractivity contribution in [1.82, 2.24) is 0 Å². The zero-order chi connectivity index (χ0) is 15.7. The van der Waals surface area contributed by atoms with Crippen molar-refractivity contribution >= 4 is 26.6 Å². The summed E-state index contributed by atoms with van der Waals surface area (Å²) in [6.07, 6.45) is -0.0418. The van der Waals surface area contributed by atoms with E-state index in [2.05, 4.69) is 0 Å². The highest BCUT2D eigenvalue weighted by molar-refractivity contribution is 7.93. The SMILES string of the molecule is CCS(=O)(=O)C(C)(Cc1cccc2ccccc12)C(=O)O. The van der Waals surface area contributed by atoms with Gasteiger partial charge in [0, 0.05) is 12.2 Å². The molecular weight excluding hydrogens is 288 g/mol. The van der Waals surface area contributed by atoms with Crippen LogP contribution < -0.4 is 0 Å². The number of carbonyl (C=O) groups is 1. The Bertz CT molecular complexity index is 774. The van der Waals surface area contributed by atoms with Crippen LogP contribution in [-0.4, -0.2) is 30.0 Å². The highest BCUT2D eigenvalue weighted by atomic mass is 32.2. The Hall–Kier alpha value is -1.88. The first kappa shape index (κ1) is 15.5. The van der Waals surface area contributed by atoms with E-state index in [0.717, 1.165) is 16.3 Å². The van der Waals surface area contributed by atoms with Gasteiger partial charge in [-0.3, -0.25) is 4.79 Å². The molecule has 0 saturated heterocycles. The van der Waals surface area contributed by atoms with Crippen LogP contribution >= 0.6 is 0 Å². The fraction of sp³-hybridized carbons (Fsp3) is 0.312. The predicted octanol–water partition coefficient (Wildman–Crippen LogP) is 2.66. The van der Waals surface area contributed by atoms with Gasteiger partial charge in [-0.05, 0) is 23.3 Å². The molecule has 1 unspecified atom stereocenters. The van der Waals surface area contributed by atoms with Gasteiger partial charge in [0.1, 0.15) is 0 Å². The third-order valence-electron chi connectivity index (χ3n) is 3.93. The maximum atomic E-state index is 12.2. The lowest BCUT2D eigenvalue weighted by Crippen LogP contribution is -2.46. The first-order chi connectivity index (χ1) is 9.82. The minimum absolute atomic E-state index is 0.0418. The third kappa shape index (κ3) is 2.65. The summed E-state index contributed by atoms with van der Waals surface area (Å²) in [6, 6.07) is 13.1. The van der Waals surface area contributed by atoms with Crippen LogP contribution in [0.15, 0.2) is 42.5 Å². The van der Waals surface area contributed by atoms with Crippen molar-refractivity contribution < 1.29 is 18.3 Å². The molecule has 4 nitrogen and oxygen atoms in total. The number of carboxylic acids is 1. The summed E-state index contributed by atoms with van der Waals surface area (Å²) in [5.74, 6) is -1.50. The number of hydrogen-bond donors (Lipinski definition) is 1. The number of aliphatic carboxylic acids is 1. The van der Waals surface area contributed by atoms with E-state index in [1.807, 2.05) is 36.4 Å². The molecule has 2 rings (SSSR count). The Kier molecular flexibility index (Phi) is 4.05. The van der Waals surface area contributed by atoms with Gasteiger partial charge in [-0.25, -0.2) is 8.42 Å². The smallest absolute Gasteiger partial charge is 0.325 e. The van der Waals surface area contributed by atoms with Gasteiger partial charge in [0.2, 0.25) is 0 Å². The lowest BCUT2D eigenvalue weighted by Gasteiger charge is -2.25. The number of rotatable bonds is 5. The number of sulfone groups is 1. The van der Waals surface area contributed by atoms with E-state index in [-0.39, 0.29) is 12.2 Å². The Morgan fingerprint density at radius 1 is 1.14 bits per heavy atom. The van der Waals surface area contributed by atoms with Gasteiger partial charge < -0.3 is 5.11 Å². The van der Waals surface area contributed by atoms with Crippen molar-refractivity contribution in [1.29, 1.82) is 0 Å².